The summed E-state index contributed by atoms with van der Waals surface area (Å²) < 4.78 is 0. The number of benzene rings is 2. The molecule has 0 radical (unpaired) electrons. The van der Waals surface area contributed by atoms with Gasteiger partial charge in [-0.1, -0.05) is 46.9 Å². The lowest BCUT2D eigenvalue weighted by molar-refractivity contribution is 0.709. The summed E-state index contributed by atoms with van der Waals surface area (Å²) in [6.07, 6.45) is 0.525. The molecule has 0 fully saturated rings. The van der Waals surface area contributed by atoms with E-state index in [2.05, 4.69) is 11.2 Å². The molecule has 0 saturated heterocycles. The molecule has 1 aliphatic rings. The predicted molar refractivity (Wildman–Crippen MR) is 90.8 cm³/mol. The van der Waals surface area contributed by atoms with Gasteiger partial charge in [-0.3, -0.25) is 5.01 Å². The second-order valence-electron chi connectivity index (χ2n) is 4.87. The van der Waals surface area contributed by atoms with Crippen molar-refractivity contribution in [2.24, 2.45) is 5.10 Å². The Bertz CT molecular complexity index is 778. The van der Waals surface area contributed by atoms with Gasteiger partial charge in [0.25, 0.3) is 0 Å². The van der Waals surface area contributed by atoms with Gasteiger partial charge in [0.2, 0.25) is 0 Å². The van der Waals surface area contributed by atoms with E-state index in [0.717, 1.165) is 11.3 Å². The summed E-state index contributed by atoms with van der Waals surface area (Å²) >= 11 is 18.2. The van der Waals surface area contributed by atoms with Crippen LogP contribution in [0.3, 0.4) is 0 Å². The highest BCUT2D eigenvalue weighted by atomic mass is 35.5. The fourth-order valence-electron chi connectivity index (χ4n) is 2.41. The normalized spacial score (nSPS) is 17.3. The van der Waals surface area contributed by atoms with E-state index in [-0.39, 0.29) is 6.04 Å². The van der Waals surface area contributed by atoms with E-state index in [1.54, 1.807) is 23.2 Å². The van der Waals surface area contributed by atoms with Gasteiger partial charge in [-0.25, -0.2) is 0 Å². The van der Waals surface area contributed by atoms with Crippen LogP contribution >= 0.6 is 34.8 Å². The summed E-state index contributed by atoms with van der Waals surface area (Å²) in [5, 5.41) is 17.0. The number of hydrazone groups is 1. The maximum atomic E-state index is 9.17. The fourth-order valence-corrected chi connectivity index (χ4v) is 3.03. The second-order valence-corrected chi connectivity index (χ2v) is 6.15. The Kier molecular flexibility index (Phi) is 4.26. The Hall–Kier alpha value is -1.73. The quantitative estimate of drug-likeness (QED) is 0.719. The van der Waals surface area contributed by atoms with Crippen molar-refractivity contribution in [3.63, 3.8) is 0 Å². The molecule has 2 aromatic carbocycles. The zero-order valence-corrected chi connectivity index (χ0v) is 13.6. The Morgan fingerprint density at radius 2 is 1.73 bits per heavy atom. The summed E-state index contributed by atoms with van der Waals surface area (Å²) in [4.78, 5) is 0. The molecular weight excluding hydrogens is 341 g/mol. The topological polar surface area (TPSA) is 39.4 Å². The van der Waals surface area contributed by atoms with Gasteiger partial charge in [-0.05, 0) is 35.9 Å². The van der Waals surface area contributed by atoms with E-state index in [1.165, 1.54) is 0 Å². The number of nitrogens with zero attached hydrogens (tertiary/aromatic N) is 3. The molecule has 0 aromatic heterocycles. The number of hydrogen-bond acceptors (Lipinski definition) is 3. The second kappa shape index (κ2) is 6.18. The SMILES string of the molecule is N#CC1=NN(c2ccc(Cl)cc2Cl)C(c2ccc(Cl)cc2)C1. The van der Waals surface area contributed by atoms with Crippen molar-refractivity contribution >= 4 is 46.2 Å². The summed E-state index contributed by atoms with van der Waals surface area (Å²) in [6.45, 7) is 0. The van der Waals surface area contributed by atoms with Crippen LogP contribution in [0.25, 0.3) is 0 Å². The molecule has 0 N–H and O–H groups in total. The Morgan fingerprint density at radius 3 is 2.36 bits per heavy atom. The van der Waals surface area contributed by atoms with Gasteiger partial charge in [0.05, 0.1) is 16.8 Å². The fraction of sp³-hybridized carbons (Fsp3) is 0.125. The van der Waals surface area contributed by atoms with Crippen LogP contribution in [0.2, 0.25) is 15.1 Å². The predicted octanol–water partition coefficient (Wildman–Crippen LogP) is 5.48. The smallest absolute Gasteiger partial charge is 0.140 e. The standard InChI is InChI=1S/C16H10Cl3N3/c17-11-3-1-10(2-4-11)16-8-13(9-20)21-22(16)15-6-5-12(18)7-14(15)19/h1-7,16H,8H2. The average molecular weight is 351 g/mol. The molecular formula is C16H10Cl3N3. The summed E-state index contributed by atoms with van der Waals surface area (Å²) in [6, 6.07) is 14.8. The summed E-state index contributed by atoms with van der Waals surface area (Å²) in [5.74, 6) is 0. The number of anilines is 1. The zero-order valence-electron chi connectivity index (χ0n) is 11.3. The lowest BCUT2D eigenvalue weighted by Crippen LogP contribution is -2.18. The molecule has 3 nitrogen and oxygen atoms in total. The highest BCUT2D eigenvalue weighted by Gasteiger charge is 2.30. The molecule has 1 aliphatic heterocycles. The molecule has 0 aliphatic carbocycles. The number of rotatable bonds is 2. The third kappa shape index (κ3) is 2.91. The third-order valence-corrected chi connectivity index (χ3v) is 4.24. The van der Waals surface area contributed by atoms with E-state index < -0.39 is 0 Å². The van der Waals surface area contributed by atoms with Gasteiger partial charge in [0, 0.05) is 16.5 Å². The molecule has 1 atom stereocenters. The van der Waals surface area contributed by atoms with Crippen molar-refractivity contribution < 1.29 is 0 Å². The number of nitriles is 1. The molecule has 110 valence electrons. The highest BCUT2D eigenvalue weighted by Crippen LogP contribution is 2.39. The third-order valence-electron chi connectivity index (χ3n) is 3.45. The first-order chi connectivity index (χ1) is 10.6. The number of halogens is 3. The minimum Gasteiger partial charge on any atom is -0.255 e. The zero-order chi connectivity index (χ0) is 15.7. The minimum absolute atomic E-state index is 0.0920. The molecule has 6 heteroatoms. The molecule has 3 rings (SSSR count). The average Bonchev–Trinajstić information content (AvgIpc) is 2.92. The lowest BCUT2D eigenvalue weighted by atomic mass is 10.0. The molecule has 0 saturated carbocycles. The maximum Gasteiger partial charge on any atom is 0.140 e. The van der Waals surface area contributed by atoms with Gasteiger partial charge in [-0.2, -0.15) is 10.4 Å². The van der Waals surface area contributed by atoms with Gasteiger partial charge >= 0.3 is 0 Å². The van der Waals surface area contributed by atoms with Crippen molar-refractivity contribution in [1.82, 2.24) is 0 Å². The molecule has 0 bridgehead atoms. The van der Waals surface area contributed by atoms with Crippen LogP contribution in [0.1, 0.15) is 18.0 Å². The minimum atomic E-state index is -0.0920. The first kappa shape index (κ1) is 15.2. The molecule has 0 amide bonds. The van der Waals surface area contributed by atoms with E-state index in [4.69, 9.17) is 34.8 Å². The Balaban J connectivity index is 2.03. The Morgan fingerprint density at radius 1 is 1.05 bits per heavy atom. The van der Waals surface area contributed by atoms with E-state index in [9.17, 15) is 5.26 Å². The van der Waals surface area contributed by atoms with Gasteiger partial charge in [0.15, 0.2) is 0 Å². The molecule has 1 unspecified atom stereocenters. The van der Waals surface area contributed by atoms with Crippen LogP contribution in [0.4, 0.5) is 5.69 Å². The van der Waals surface area contributed by atoms with Crippen LogP contribution in [0, 0.1) is 11.3 Å². The monoisotopic (exact) mass is 349 g/mol. The van der Waals surface area contributed by atoms with E-state index in [0.29, 0.717) is 27.2 Å². The van der Waals surface area contributed by atoms with Crippen molar-refractivity contribution in [2.45, 2.75) is 12.5 Å². The number of hydrogen-bond donors (Lipinski definition) is 0. The van der Waals surface area contributed by atoms with Crippen LogP contribution in [0.5, 0.6) is 0 Å². The van der Waals surface area contributed by atoms with Crippen molar-refractivity contribution in [3.05, 3.63) is 63.1 Å². The van der Waals surface area contributed by atoms with Crippen molar-refractivity contribution in [1.29, 1.82) is 5.26 Å². The van der Waals surface area contributed by atoms with Crippen LogP contribution in [-0.2, 0) is 0 Å². The first-order valence-corrected chi connectivity index (χ1v) is 7.69. The van der Waals surface area contributed by atoms with Crippen molar-refractivity contribution in [2.75, 3.05) is 5.01 Å². The van der Waals surface area contributed by atoms with Crippen LogP contribution in [0.15, 0.2) is 47.6 Å². The van der Waals surface area contributed by atoms with Gasteiger partial charge in [0.1, 0.15) is 11.8 Å². The molecule has 0 spiro atoms. The van der Waals surface area contributed by atoms with E-state index >= 15 is 0 Å². The van der Waals surface area contributed by atoms with Crippen LogP contribution < -0.4 is 5.01 Å². The van der Waals surface area contributed by atoms with Gasteiger partial charge < -0.3 is 0 Å². The van der Waals surface area contributed by atoms with Gasteiger partial charge in [-0.15, -0.1) is 0 Å². The lowest BCUT2D eigenvalue weighted by Gasteiger charge is -2.24. The molecule has 1 heterocycles. The largest absolute Gasteiger partial charge is 0.255 e. The van der Waals surface area contributed by atoms with Crippen LogP contribution in [-0.4, -0.2) is 5.71 Å². The van der Waals surface area contributed by atoms with Crippen molar-refractivity contribution in [3.8, 4) is 6.07 Å². The Labute approximate surface area is 143 Å². The van der Waals surface area contributed by atoms with E-state index in [1.807, 2.05) is 24.3 Å². The highest BCUT2D eigenvalue weighted by molar-refractivity contribution is 6.36. The first-order valence-electron chi connectivity index (χ1n) is 6.56. The summed E-state index contributed by atoms with van der Waals surface area (Å²) in [5.41, 5.74) is 2.20. The molecule has 22 heavy (non-hydrogen) atoms. The maximum absolute atomic E-state index is 9.17. The molecule has 2 aromatic rings. The summed E-state index contributed by atoms with van der Waals surface area (Å²) in [7, 11) is 0.